The van der Waals surface area contributed by atoms with E-state index in [9.17, 15) is 62.1 Å². The van der Waals surface area contributed by atoms with Crippen LogP contribution in [0, 0.1) is 6.92 Å². The van der Waals surface area contributed by atoms with E-state index in [-0.39, 0.29) is 86.8 Å². The molecule has 0 radical (unpaired) electrons. The van der Waals surface area contributed by atoms with Crippen LogP contribution >= 0.6 is 24.1 Å². The van der Waals surface area contributed by atoms with Gasteiger partial charge in [-0.05, 0) is 78.7 Å². The quantitative estimate of drug-likeness (QED) is 0.0126. The lowest BCUT2D eigenvalue weighted by Crippen LogP contribution is -2.31. The molecule has 12 N–H and O–H groups in total. The Morgan fingerprint density at radius 2 is 1.03 bits per heavy atom. The zero-order valence-electron chi connectivity index (χ0n) is 37.0. The maximum Gasteiger partial charge on any atom is 0.296 e. The summed E-state index contributed by atoms with van der Waals surface area (Å²) in [5, 5.41) is 55.0. The molecule has 0 aliphatic rings. The molecule has 0 atom stereocenters. The van der Waals surface area contributed by atoms with Gasteiger partial charge >= 0.3 is 0 Å². The predicted molar refractivity (Wildman–Crippen MR) is 259 cm³/mol. The third kappa shape index (κ3) is 15.6. The fraction of sp³-hybridized carbons (Fsp3) is 0.135. The van der Waals surface area contributed by atoms with Crippen molar-refractivity contribution in [3.63, 3.8) is 0 Å². The number of hydrogen-bond donors (Lipinski definition) is 12. The molecule has 0 bridgehead atoms. The van der Waals surface area contributed by atoms with E-state index in [0.29, 0.717) is 35.7 Å². The van der Waals surface area contributed by atoms with Gasteiger partial charge in [-0.15, -0.1) is 8.67 Å². The number of rotatable bonds is 25. The molecule has 0 amide bonds. The summed E-state index contributed by atoms with van der Waals surface area (Å²) in [6.45, 7) is 0.348. The van der Waals surface area contributed by atoms with Crippen molar-refractivity contribution in [2.24, 2.45) is 0 Å². The van der Waals surface area contributed by atoms with Crippen molar-refractivity contribution in [1.29, 1.82) is 0 Å². The summed E-state index contributed by atoms with van der Waals surface area (Å²) >= 11 is 0.880. The minimum atomic E-state index is -5.06. The number of aliphatic hydroxyl groups excluding tert-OH is 2. The van der Waals surface area contributed by atoms with Gasteiger partial charge in [-0.1, -0.05) is 34.4 Å². The minimum absolute atomic E-state index is 0.0409. The predicted octanol–water partition coefficient (Wildman–Crippen LogP) is 4.14. The lowest BCUT2D eigenvalue weighted by molar-refractivity contribution is -0.432. The maximum atomic E-state index is 12.8. The van der Waals surface area contributed by atoms with E-state index in [1.807, 2.05) is 0 Å². The van der Waals surface area contributed by atoms with Crippen molar-refractivity contribution in [3.8, 4) is 0 Å². The average Bonchev–Trinajstić information content (AvgIpc) is 3.31. The smallest absolute Gasteiger partial charge is 0.296 e. The topological polar surface area (TPSA) is 464 Å². The van der Waals surface area contributed by atoms with Crippen molar-refractivity contribution in [2.75, 3.05) is 52.5 Å². The Labute approximate surface area is 426 Å². The van der Waals surface area contributed by atoms with Gasteiger partial charge in [0, 0.05) is 34.3 Å². The largest absolute Gasteiger partial charge is 0.395 e. The highest BCUT2D eigenvalue weighted by atomic mass is 32.2. The number of anilines is 9. The highest BCUT2D eigenvalue weighted by Crippen LogP contribution is 2.34. The van der Waals surface area contributed by atoms with Gasteiger partial charge in [-0.3, -0.25) is 18.2 Å². The molecule has 396 valence electrons. The third-order valence-corrected chi connectivity index (χ3v) is 14.0. The van der Waals surface area contributed by atoms with Crippen LogP contribution in [0.1, 0.15) is 17.0 Å². The van der Waals surface area contributed by atoms with Gasteiger partial charge in [0.15, 0.2) is 0 Å². The zero-order valence-corrected chi connectivity index (χ0v) is 41.9. The van der Waals surface area contributed by atoms with Gasteiger partial charge in [0.2, 0.25) is 29.7 Å². The van der Waals surface area contributed by atoms with Crippen LogP contribution in [-0.2, 0) is 59.2 Å². The first-order valence-corrected chi connectivity index (χ1v) is 27.1. The van der Waals surface area contributed by atoms with Gasteiger partial charge in [-0.2, -0.15) is 63.6 Å². The molecule has 74 heavy (non-hydrogen) atoms. The summed E-state index contributed by atoms with van der Waals surface area (Å²) in [5.41, 5.74) is -0.220. The lowest BCUT2D eigenvalue weighted by Gasteiger charge is -2.22. The summed E-state index contributed by atoms with van der Waals surface area (Å²) in [6, 6.07) is 13.8. The van der Waals surface area contributed by atoms with Crippen molar-refractivity contribution < 1.29 is 91.4 Å². The highest BCUT2D eigenvalue weighted by molar-refractivity contribution is 7.95. The Morgan fingerprint density at radius 3 is 1.58 bits per heavy atom. The molecule has 6 rings (SSSR count). The monoisotopic (exact) mass is 1150 g/mol. The Morgan fingerprint density at radius 1 is 0.541 bits per heavy atom. The second-order valence-electron chi connectivity index (χ2n) is 14.3. The molecular weight excluding hydrogens is 1110 g/mol. The van der Waals surface area contributed by atoms with Crippen molar-refractivity contribution >= 4 is 129 Å². The molecule has 0 saturated carbocycles. The lowest BCUT2D eigenvalue weighted by atomic mass is 10.1. The highest BCUT2D eigenvalue weighted by Gasteiger charge is 2.24. The second kappa shape index (κ2) is 24.3. The van der Waals surface area contributed by atoms with E-state index in [2.05, 4.69) is 69.9 Å². The number of aryl methyl sites for hydroxylation is 1. The summed E-state index contributed by atoms with van der Waals surface area (Å²) in [4.78, 5) is 23.7. The third-order valence-electron chi connectivity index (χ3n) is 9.22. The Kier molecular flexibility index (Phi) is 18.7. The van der Waals surface area contributed by atoms with Crippen LogP contribution in [0.5, 0.6) is 0 Å². The molecule has 37 heteroatoms. The van der Waals surface area contributed by atoms with Gasteiger partial charge in [0.25, 0.3) is 40.5 Å². The van der Waals surface area contributed by atoms with Crippen LogP contribution in [0.2, 0.25) is 0 Å². The van der Waals surface area contributed by atoms with Gasteiger partial charge in [0.05, 0.1) is 53.6 Å². The van der Waals surface area contributed by atoms with E-state index >= 15 is 0 Å². The van der Waals surface area contributed by atoms with Crippen LogP contribution in [0.4, 0.5) is 52.5 Å². The molecular formula is C37H37N11O20S6. The van der Waals surface area contributed by atoms with Gasteiger partial charge < -0.3 is 36.4 Å². The Hall–Kier alpha value is -6.34. The Balaban J connectivity index is 1.29. The zero-order chi connectivity index (χ0) is 54.0. The summed E-state index contributed by atoms with van der Waals surface area (Å²) in [7, 11) is -19.9. The van der Waals surface area contributed by atoms with Crippen LogP contribution in [0.3, 0.4) is 0 Å². The molecule has 0 saturated heterocycles. The van der Waals surface area contributed by atoms with E-state index in [1.54, 1.807) is 0 Å². The first-order valence-electron chi connectivity index (χ1n) is 19.9. The number of aromatic nitrogens is 6. The van der Waals surface area contributed by atoms with Crippen LogP contribution in [0.25, 0.3) is 12.2 Å². The molecule has 0 fully saturated rings. The van der Waals surface area contributed by atoms with Crippen LogP contribution in [-0.4, -0.2) is 129 Å². The standard InChI is InChI=1S/C37H37N11O20S6/c1-20-38-33(44-34(39-20)42-28-11-9-26(71(53,54)55)19-32(28)74(62,63)64)40-23-6-4-21(29(16-23)70-68-66-52)2-3-22-5-7-24(17-30(22)72(56,57)58)41-35-45-36(47-37(46-35)48(12-14-49)13-15-50)43-27-10-8-25(69-67-65-51)18-31(27)73(59,60)61/h2-11,16-19,49-52H,12-15H2,1H3,(H,53,54,55)(H,56,57,58)(H,59,60,61)(H,62,63,64)(H2,38,39,40,42,44)(H2,41,43,45,46,47)/b3-2+. The molecule has 4 aromatic carbocycles. The van der Waals surface area contributed by atoms with E-state index in [4.69, 9.17) is 10.5 Å². The SMILES string of the molecule is Cc1nc(Nc2ccc(/C=C/c3ccc(Nc4nc(Nc5ccc(SOOO)cc5S(=O)(=O)O)nc(N(CCO)CCO)n4)cc3S(=O)(=O)O)c(SOOO)c2)nc(Nc2ccc(S(=O)(=O)O)cc2S(=O)(=O)O)n1. The average molecular weight is 1150 g/mol. The van der Waals surface area contributed by atoms with E-state index in [0.717, 1.165) is 24.3 Å². The molecule has 6 aromatic rings. The number of nitrogens with one attached hydrogen (secondary N) is 4. The van der Waals surface area contributed by atoms with Crippen molar-refractivity contribution in [2.45, 2.75) is 36.3 Å². The van der Waals surface area contributed by atoms with Crippen LogP contribution in [0.15, 0.2) is 102 Å². The fourth-order valence-corrected chi connectivity index (χ4v) is 9.82. The first kappa shape index (κ1) is 56.9. The van der Waals surface area contributed by atoms with E-state index < -0.39 is 73.3 Å². The van der Waals surface area contributed by atoms with Gasteiger partial charge in [0.1, 0.15) is 20.5 Å². The molecule has 2 aromatic heterocycles. The number of nitrogens with zero attached hydrogens (tertiary/aromatic N) is 7. The summed E-state index contributed by atoms with van der Waals surface area (Å²) in [5.74, 6) is -1.22. The second-order valence-corrected chi connectivity index (χ2v) is 21.4. The molecule has 0 unspecified atom stereocenters. The molecule has 0 spiro atoms. The molecule has 0 aliphatic heterocycles. The number of hydrogen-bond acceptors (Lipinski definition) is 29. The van der Waals surface area contributed by atoms with E-state index in [1.165, 1.54) is 66.4 Å². The first-order chi connectivity index (χ1) is 34.9. The van der Waals surface area contributed by atoms with Gasteiger partial charge in [-0.25, -0.2) is 10.5 Å². The normalized spacial score (nSPS) is 12.2. The van der Waals surface area contributed by atoms with Crippen LogP contribution < -0.4 is 26.2 Å². The summed E-state index contributed by atoms with van der Waals surface area (Å²) < 4.78 is 146. The minimum Gasteiger partial charge on any atom is -0.395 e. The molecule has 2 heterocycles. The summed E-state index contributed by atoms with van der Waals surface area (Å²) in [6.07, 6.45) is 2.69. The van der Waals surface area contributed by atoms with Crippen molar-refractivity contribution in [1.82, 2.24) is 29.9 Å². The van der Waals surface area contributed by atoms with Crippen molar-refractivity contribution in [3.05, 3.63) is 89.7 Å². The molecule has 0 aliphatic carbocycles. The number of aliphatic hydroxyl groups is 2. The number of benzene rings is 4. The maximum absolute atomic E-state index is 12.8. The fourth-order valence-electron chi connectivity index (χ4n) is 6.20. The Bertz CT molecular complexity index is 3520. The molecule has 31 nitrogen and oxygen atoms in total.